The molecule has 0 heterocycles. The zero-order valence-corrected chi connectivity index (χ0v) is 9.81. The summed E-state index contributed by atoms with van der Waals surface area (Å²) in [5.74, 6) is -0.800. The summed E-state index contributed by atoms with van der Waals surface area (Å²) in [6.45, 7) is 3.74. The van der Waals surface area contributed by atoms with E-state index in [-0.39, 0.29) is 6.04 Å². The third kappa shape index (κ3) is 4.03. The summed E-state index contributed by atoms with van der Waals surface area (Å²) in [6.07, 6.45) is 1.79. The van der Waals surface area contributed by atoms with Gasteiger partial charge in [0.15, 0.2) is 0 Å². The summed E-state index contributed by atoms with van der Waals surface area (Å²) in [4.78, 5) is 10.7. The van der Waals surface area contributed by atoms with E-state index in [1.54, 1.807) is 6.92 Å². The molecule has 2 N–H and O–H groups in total. The molecule has 0 aliphatic carbocycles. The highest BCUT2D eigenvalue weighted by molar-refractivity contribution is 5.72. The SMILES string of the molecule is CCC(Cc1ccccc1)N[C@@H](C)C(=O)O. The Bertz CT molecular complexity index is 324. The molecule has 0 fully saturated rings. The van der Waals surface area contributed by atoms with Gasteiger partial charge in [-0.15, -0.1) is 0 Å². The van der Waals surface area contributed by atoms with Crippen molar-refractivity contribution in [3.8, 4) is 0 Å². The van der Waals surface area contributed by atoms with Crippen LogP contribution in [0.15, 0.2) is 30.3 Å². The fourth-order valence-corrected chi connectivity index (χ4v) is 1.64. The fraction of sp³-hybridized carbons (Fsp3) is 0.462. The van der Waals surface area contributed by atoms with Gasteiger partial charge in [0, 0.05) is 6.04 Å². The Kier molecular flexibility index (Phi) is 4.99. The first-order valence-corrected chi connectivity index (χ1v) is 5.66. The van der Waals surface area contributed by atoms with E-state index in [0.717, 1.165) is 12.8 Å². The number of hydrogen-bond donors (Lipinski definition) is 2. The molecule has 3 heteroatoms. The predicted octanol–water partition coefficient (Wildman–Crippen LogP) is 2.07. The lowest BCUT2D eigenvalue weighted by Crippen LogP contribution is -2.42. The smallest absolute Gasteiger partial charge is 0.320 e. The van der Waals surface area contributed by atoms with Crippen molar-refractivity contribution in [1.82, 2.24) is 5.32 Å². The number of carboxylic acids is 1. The number of nitrogens with one attached hydrogen (secondary N) is 1. The first-order valence-electron chi connectivity index (χ1n) is 5.66. The molecule has 1 aromatic rings. The zero-order valence-electron chi connectivity index (χ0n) is 9.81. The minimum atomic E-state index is -0.800. The van der Waals surface area contributed by atoms with Crippen molar-refractivity contribution in [3.05, 3.63) is 35.9 Å². The van der Waals surface area contributed by atoms with Gasteiger partial charge >= 0.3 is 5.97 Å². The molecule has 0 radical (unpaired) electrons. The molecule has 0 aliphatic rings. The van der Waals surface area contributed by atoms with Crippen molar-refractivity contribution in [1.29, 1.82) is 0 Å². The summed E-state index contributed by atoms with van der Waals surface area (Å²) in [5, 5.41) is 11.9. The van der Waals surface area contributed by atoms with Crippen molar-refractivity contribution in [2.24, 2.45) is 0 Å². The monoisotopic (exact) mass is 221 g/mol. The Morgan fingerprint density at radius 1 is 1.38 bits per heavy atom. The minimum Gasteiger partial charge on any atom is -0.480 e. The average Bonchev–Trinajstić information content (AvgIpc) is 2.29. The molecule has 1 rings (SSSR count). The maximum Gasteiger partial charge on any atom is 0.320 e. The fourth-order valence-electron chi connectivity index (χ4n) is 1.64. The number of hydrogen-bond acceptors (Lipinski definition) is 2. The van der Waals surface area contributed by atoms with E-state index in [0.29, 0.717) is 0 Å². The van der Waals surface area contributed by atoms with Gasteiger partial charge in [-0.25, -0.2) is 0 Å². The summed E-state index contributed by atoms with van der Waals surface area (Å²) >= 11 is 0. The Hall–Kier alpha value is -1.35. The number of carbonyl (C=O) groups is 1. The van der Waals surface area contributed by atoms with E-state index < -0.39 is 12.0 Å². The first kappa shape index (κ1) is 12.7. The van der Waals surface area contributed by atoms with Gasteiger partial charge in [-0.3, -0.25) is 4.79 Å². The van der Waals surface area contributed by atoms with Crippen molar-refractivity contribution in [3.63, 3.8) is 0 Å². The maximum atomic E-state index is 10.7. The van der Waals surface area contributed by atoms with Gasteiger partial charge < -0.3 is 10.4 Å². The summed E-state index contributed by atoms with van der Waals surface area (Å²) in [5.41, 5.74) is 1.24. The highest BCUT2D eigenvalue weighted by atomic mass is 16.4. The minimum absolute atomic E-state index is 0.216. The number of benzene rings is 1. The largest absolute Gasteiger partial charge is 0.480 e. The van der Waals surface area contributed by atoms with Crippen LogP contribution in [0, 0.1) is 0 Å². The van der Waals surface area contributed by atoms with Gasteiger partial charge in [-0.1, -0.05) is 37.3 Å². The zero-order chi connectivity index (χ0) is 12.0. The van der Waals surface area contributed by atoms with Crippen LogP contribution in [0.5, 0.6) is 0 Å². The highest BCUT2D eigenvalue weighted by Crippen LogP contribution is 2.06. The van der Waals surface area contributed by atoms with E-state index in [2.05, 4.69) is 24.4 Å². The van der Waals surface area contributed by atoms with Crippen LogP contribution in [-0.2, 0) is 11.2 Å². The van der Waals surface area contributed by atoms with E-state index in [4.69, 9.17) is 5.11 Å². The second-order valence-electron chi connectivity index (χ2n) is 4.02. The van der Waals surface area contributed by atoms with E-state index in [9.17, 15) is 4.79 Å². The molecule has 0 saturated carbocycles. The number of carboxylic acid groups (broad SMARTS) is 1. The standard InChI is InChI=1S/C13H19NO2/c1-3-12(14-10(2)13(15)16)9-11-7-5-4-6-8-11/h4-8,10,12,14H,3,9H2,1-2H3,(H,15,16)/t10-,12?/m0/s1. The molecular weight excluding hydrogens is 202 g/mol. The summed E-state index contributed by atoms with van der Waals surface area (Å²) < 4.78 is 0. The molecule has 0 aromatic heterocycles. The molecular formula is C13H19NO2. The van der Waals surface area contributed by atoms with E-state index >= 15 is 0 Å². The lowest BCUT2D eigenvalue weighted by Gasteiger charge is -2.19. The Labute approximate surface area is 96.5 Å². The Balaban J connectivity index is 2.53. The topological polar surface area (TPSA) is 49.3 Å². The van der Waals surface area contributed by atoms with Crippen molar-refractivity contribution < 1.29 is 9.90 Å². The molecule has 1 aromatic carbocycles. The second-order valence-corrected chi connectivity index (χ2v) is 4.02. The molecule has 0 bridgehead atoms. The molecule has 2 atom stereocenters. The van der Waals surface area contributed by atoms with Gasteiger partial charge in [0.25, 0.3) is 0 Å². The number of rotatable bonds is 6. The van der Waals surface area contributed by atoms with Gasteiger partial charge in [0.05, 0.1) is 0 Å². The van der Waals surface area contributed by atoms with Crippen LogP contribution in [0.25, 0.3) is 0 Å². The summed E-state index contributed by atoms with van der Waals surface area (Å²) in [7, 11) is 0. The molecule has 0 spiro atoms. The average molecular weight is 221 g/mol. The Morgan fingerprint density at radius 2 is 2.00 bits per heavy atom. The van der Waals surface area contributed by atoms with Gasteiger partial charge in [0.2, 0.25) is 0 Å². The normalized spacial score (nSPS) is 14.4. The second kappa shape index (κ2) is 6.28. The van der Waals surface area contributed by atoms with Gasteiger partial charge in [-0.05, 0) is 25.3 Å². The van der Waals surface area contributed by atoms with E-state index in [1.807, 2.05) is 18.2 Å². The van der Waals surface area contributed by atoms with Crippen molar-refractivity contribution in [2.75, 3.05) is 0 Å². The molecule has 16 heavy (non-hydrogen) atoms. The summed E-state index contributed by atoms with van der Waals surface area (Å²) in [6, 6.07) is 9.84. The van der Waals surface area contributed by atoms with Gasteiger partial charge in [-0.2, -0.15) is 0 Å². The first-order chi connectivity index (χ1) is 7.63. The molecule has 3 nitrogen and oxygen atoms in total. The van der Waals surface area contributed by atoms with E-state index in [1.165, 1.54) is 5.56 Å². The van der Waals surface area contributed by atoms with Crippen LogP contribution in [-0.4, -0.2) is 23.2 Å². The van der Waals surface area contributed by atoms with Crippen molar-refractivity contribution in [2.45, 2.75) is 38.8 Å². The Morgan fingerprint density at radius 3 is 2.50 bits per heavy atom. The molecule has 1 unspecified atom stereocenters. The van der Waals surface area contributed by atoms with Crippen LogP contribution in [0.4, 0.5) is 0 Å². The molecule has 88 valence electrons. The molecule has 0 amide bonds. The van der Waals surface area contributed by atoms with Crippen LogP contribution >= 0.6 is 0 Å². The maximum absolute atomic E-state index is 10.7. The quantitative estimate of drug-likeness (QED) is 0.773. The number of aliphatic carboxylic acids is 1. The van der Waals surface area contributed by atoms with Crippen LogP contribution in [0.3, 0.4) is 0 Å². The molecule has 0 aliphatic heterocycles. The predicted molar refractivity (Wildman–Crippen MR) is 64.5 cm³/mol. The van der Waals surface area contributed by atoms with Crippen LogP contribution in [0.2, 0.25) is 0 Å². The lowest BCUT2D eigenvalue weighted by atomic mass is 10.0. The molecule has 0 saturated heterocycles. The third-order valence-electron chi connectivity index (χ3n) is 2.67. The third-order valence-corrected chi connectivity index (χ3v) is 2.67. The van der Waals surface area contributed by atoms with Crippen LogP contribution in [0.1, 0.15) is 25.8 Å². The van der Waals surface area contributed by atoms with Gasteiger partial charge in [0.1, 0.15) is 6.04 Å². The highest BCUT2D eigenvalue weighted by Gasteiger charge is 2.15. The lowest BCUT2D eigenvalue weighted by molar-refractivity contribution is -0.139. The van der Waals surface area contributed by atoms with Crippen LogP contribution < -0.4 is 5.32 Å². The van der Waals surface area contributed by atoms with Crippen molar-refractivity contribution >= 4 is 5.97 Å².